The first-order chi connectivity index (χ1) is 8.56. The molecule has 0 spiro atoms. The minimum absolute atomic E-state index is 0.0379. The Morgan fingerprint density at radius 2 is 2.39 bits per heavy atom. The molecule has 7 heteroatoms. The van der Waals surface area contributed by atoms with E-state index < -0.39 is 4.92 Å². The van der Waals surface area contributed by atoms with Crippen LogP contribution in [0.3, 0.4) is 0 Å². The van der Waals surface area contributed by atoms with Crippen LogP contribution >= 0.6 is 0 Å². The highest BCUT2D eigenvalue weighted by molar-refractivity contribution is 5.77. The number of carbonyl (C=O) groups is 1. The number of nitrogens with one attached hydrogen (secondary N) is 2. The number of hydrogen-bond acceptors (Lipinski definition) is 5. The normalized spacial score (nSPS) is 19.2. The van der Waals surface area contributed by atoms with Gasteiger partial charge in [-0.2, -0.15) is 0 Å². The van der Waals surface area contributed by atoms with Gasteiger partial charge in [0.25, 0.3) is 5.69 Å². The Morgan fingerprint density at radius 3 is 3.00 bits per heavy atom. The molecule has 0 aliphatic carbocycles. The Bertz CT molecular complexity index is 479. The van der Waals surface area contributed by atoms with Crippen LogP contribution in [0.25, 0.3) is 0 Å². The minimum Gasteiger partial charge on any atom is -0.365 e. The first-order valence-corrected chi connectivity index (χ1v) is 5.70. The van der Waals surface area contributed by atoms with E-state index in [0.29, 0.717) is 30.8 Å². The molecule has 1 aliphatic rings. The SMILES string of the molecule is Cc1cnc(NC2CCC(=O)NC2)cc1[N+](=O)[O-]. The molecule has 1 atom stereocenters. The second-order valence-corrected chi connectivity index (χ2v) is 4.30. The van der Waals surface area contributed by atoms with E-state index in [9.17, 15) is 14.9 Å². The number of nitro groups is 1. The molecule has 0 radical (unpaired) electrons. The first kappa shape index (κ1) is 12.3. The minimum atomic E-state index is -0.426. The number of aromatic nitrogens is 1. The summed E-state index contributed by atoms with van der Waals surface area (Å²) in [6.45, 7) is 2.16. The van der Waals surface area contributed by atoms with Crippen LogP contribution < -0.4 is 10.6 Å². The van der Waals surface area contributed by atoms with Crippen LogP contribution in [0.2, 0.25) is 0 Å². The third-order valence-corrected chi connectivity index (χ3v) is 2.89. The molecule has 2 N–H and O–H groups in total. The highest BCUT2D eigenvalue weighted by atomic mass is 16.6. The number of piperidine rings is 1. The van der Waals surface area contributed by atoms with Crippen molar-refractivity contribution >= 4 is 17.4 Å². The van der Waals surface area contributed by atoms with Crippen LogP contribution in [-0.4, -0.2) is 28.4 Å². The Morgan fingerprint density at radius 1 is 1.61 bits per heavy atom. The van der Waals surface area contributed by atoms with Crippen LogP contribution in [0, 0.1) is 17.0 Å². The molecule has 1 saturated heterocycles. The van der Waals surface area contributed by atoms with Gasteiger partial charge in [-0.15, -0.1) is 0 Å². The number of nitrogens with zero attached hydrogens (tertiary/aromatic N) is 2. The summed E-state index contributed by atoms with van der Waals surface area (Å²) in [6, 6.07) is 1.49. The Balaban J connectivity index is 2.07. The van der Waals surface area contributed by atoms with E-state index in [1.807, 2.05) is 0 Å². The molecule has 2 rings (SSSR count). The summed E-state index contributed by atoms with van der Waals surface area (Å²) in [5, 5.41) is 16.6. The largest absolute Gasteiger partial charge is 0.365 e. The van der Waals surface area contributed by atoms with Gasteiger partial charge in [0.1, 0.15) is 5.82 Å². The van der Waals surface area contributed by atoms with Gasteiger partial charge in [0.15, 0.2) is 0 Å². The number of anilines is 1. The zero-order valence-corrected chi connectivity index (χ0v) is 9.97. The number of hydrogen-bond donors (Lipinski definition) is 2. The number of pyridine rings is 1. The molecular weight excluding hydrogens is 236 g/mol. The van der Waals surface area contributed by atoms with Gasteiger partial charge in [0, 0.05) is 30.8 Å². The second-order valence-electron chi connectivity index (χ2n) is 4.30. The van der Waals surface area contributed by atoms with Crippen molar-refractivity contribution in [2.45, 2.75) is 25.8 Å². The lowest BCUT2D eigenvalue weighted by Gasteiger charge is -2.23. The second kappa shape index (κ2) is 4.99. The number of aryl methyl sites for hydroxylation is 1. The van der Waals surface area contributed by atoms with E-state index in [2.05, 4.69) is 15.6 Å². The van der Waals surface area contributed by atoms with E-state index in [1.54, 1.807) is 6.92 Å². The van der Waals surface area contributed by atoms with Crippen molar-refractivity contribution in [1.82, 2.24) is 10.3 Å². The van der Waals surface area contributed by atoms with Gasteiger partial charge in [0.2, 0.25) is 5.91 Å². The topological polar surface area (TPSA) is 97.2 Å². The quantitative estimate of drug-likeness (QED) is 0.615. The molecule has 18 heavy (non-hydrogen) atoms. The molecule has 7 nitrogen and oxygen atoms in total. The maximum atomic E-state index is 11.0. The Labute approximate surface area is 104 Å². The molecule has 1 amide bonds. The zero-order chi connectivity index (χ0) is 13.1. The predicted molar refractivity (Wildman–Crippen MR) is 65.3 cm³/mol. The fourth-order valence-corrected chi connectivity index (χ4v) is 1.85. The third-order valence-electron chi connectivity index (χ3n) is 2.89. The summed E-state index contributed by atoms with van der Waals surface area (Å²) in [5.41, 5.74) is 0.579. The fourth-order valence-electron chi connectivity index (χ4n) is 1.85. The number of rotatable bonds is 3. The maximum Gasteiger partial charge on any atom is 0.277 e. The third kappa shape index (κ3) is 2.73. The average Bonchev–Trinajstić information content (AvgIpc) is 2.34. The van der Waals surface area contributed by atoms with E-state index in [0.717, 1.165) is 0 Å². The van der Waals surface area contributed by atoms with Gasteiger partial charge in [-0.1, -0.05) is 0 Å². The van der Waals surface area contributed by atoms with Crippen LogP contribution in [0.4, 0.5) is 11.5 Å². The summed E-state index contributed by atoms with van der Waals surface area (Å²) >= 11 is 0. The van der Waals surface area contributed by atoms with Crippen molar-refractivity contribution in [3.05, 3.63) is 27.9 Å². The Hall–Kier alpha value is -2.18. The van der Waals surface area contributed by atoms with Crippen molar-refractivity contribution in [3.8, 4) is 0 Å². The van der Waals surface area contributed by atoms with Gasteiger partial charge in [-0.05, 0) is 13.3 Å². The summed E-state index contributed by atoms with van der Waals surface area (Å²) in [6.07, 6.45) is 2.64. The van der Waals surface area contributed by atoms with Crippen molar-refractivity contribution in [2.75, 3.05) is 11.9 Å². The van der Waals surface area contributed by atoms with Gasteiger partial charge < -0.3 is 10.6 Å². The number of amides is 1. The Kier molecular flexibility index (Phi) is 3.40. The van der Waals surface area contributed by atoms with Crippen molar-refractivity contribution in [1.29, 1.82) is 0 Å². The van der Waals surface area contributed by atoms with Crippen LogP contribution in [0.15, 0.2) is 12.3 Å². The smallest absolute Gasteiger partial charge is 0.277 e. The zero-order valence-electron chi connectivity index (χ0n) is 9.97. The van der Waals surface area contributed by atoms with Crippen LogP contribution in [0.5, 0.6) is 0 Å². The van der Waals surface area contributed by atoms with E-state index in [4.69, 9.17) is 0 Å². The van der Waals surface area contributed by atoms with E-state index in [1.165, 1.54) is 12.3 Å². The summed E-state index contributed by atoms with van der Waals surface area (Å²) < 4.78 is 0. The van der Waals surface area contributed by atoms with E-state index >= 15 is 0 Å². The van der Waals surface area contributed by atoms with Gasteiger partial charge in [-0.3, -0.25) is 14.9 Å². The summed E-state index contributed by atoms with van der Waals surface area (Å²) in [7, 11) is 0. The lowest BCUT2D eigenvalue weighted by atomic mass is 10.1. The van der Waals surface area contributed by atoms with Crippen molar-refractivity contribution in [3.63, 3.8) is 0 Å². The lowest BCUT2D eigenvalue weighted by Crippen LogP contribution is -2.42. The summed E-state index contributed by atoms with van der Waals surface area (Å²) in [4.78, 5) is 25.5. The van der Waals surface area contributed by atoms with Gasteiger partial charge in [-0.25, -0.2) is 4.98 Å². The lowest BCUT2D eigenvalue weighted by molar-refractivity contribution is -0.385. The predicted octanol–water partition coefficient (Wildman–Crippen LogP) is 0.989. The van der Waals surface area contributed by atoms with E-state index in [-0.39, 0.29) is 17.6 Å². The first-order valence-electron chi connectivity index (χ1n) is 5.70. The molecule has 1 aliphatic heterocycles. The van der Waals surface area contributed by atoms with Crippen molar-refractivity contribution < 1.29 is 9.72 Å². The fraction of sp³-hybridized carbons (Fsp3) is 0.455. The standard InChI is InChI=1S/C11H14N4O3/c1-7-5-12-10(4-9(7)15(17)18)14-8-2-3-11(16)13-6-8/h4-5,8H,2-3,6H2,1H3,(H,12,14)(H,13,16). The molecule has 1 unspecified atom stereocenters. The molecule has 0 aromatic carbocycles. The molecular formula is C11H14N4O3. The monoisotopic (exact) mass is 250 g/mol. The highest BCUT2D eigenvalue weighted by Crippen LogP contribution is 2.21. The molecule has 96 valence electrons. The van der Waals surface area contributed by atoms with Crippen LogP contribution in [0.1, 0.15) is 18.4 Å². The van der Waals surface area contributed by atoms with Crippen molar-refractivity contribution in [2.24, 2.45) is 0 Å². The average molecular weight is 250 g/mol. The van der Waals surface area contributed by atoms with Gasteiger partial charge in [0.05, 0.1) is 11.0 Å². The van der Waals surface area contributed by atoms with Gasteiger partial charge >= 0.3 is 0 Å². The number of carbonyl (C=O) groups excluding carboxylic acids is 1. The molecule has 0 bridgehead atoms. The molecule has 0 saturated carbocycles. The summed E-state index contributed by atoms with van der Waals surface area (Å²) in [5.74, 6) is 0.504. The highest BCUT2D eigenvalue weighted by Gasteiger charge is 2.19. The molecule has 1 fully saturated rings. The molecule has 1 aromatic rings. The maximum absolute atomic E-state index is 11.0. The van der Waals surface area contributed by atoms with Crippen LogP contribution in [-0.2, 0) is 4.79 Å². The molecule has 1 aromatic heterocycles. The molecule has 2 heterocycles.